The van der Waals surface area contributed by atoms with Crippen LogP contribution in [-0.4, -0.2) is 60.6 Å². The summed E-state index contributed by atoms with van der Waals surface area (Å²) >= 11 is 0. The Balaban J connectivity index is 1.73. The second-order valence-electron chi connectivity index (χ2n) is 6.42. The predicted octanol–water partition coefficient (Wildman–Crippen LogP) is 2.13. The van der Waals surface area contributed by atoms with Gasteiger partial charge in [-0.15, -0.1) is 0 Å². The van der Waals surface area contributed by atoms with Crippen LogP contribution in [0.3, 0.4) is 0 Å². The van der Waals surface area contributed by atoms with E-state index in [0.29, 0.717) is 18.7 Å². The van der Waals surface area contributed by atoms with Crippen LogP contribution in [0.1, 0.15) is 46.5 Å². The Bertz CT molecular complexity index is 304. The number of carbonyl (C=O) groups excluding carboxylic acids is 1. The first kappa shape index (κ1) is 15.8. The molecule has 2 rings (SSSR count). The van der Waals surface area contributed by atoms with Crippen molar-refractivity contribution in [1.82, 2.24) is 9.80 Å². The number of piperazine rings is 1. The number of carbonyl (C=O) groups is 1. The third-order valence-corrected chi connectivity index (χ3v) is 4.91. The van der Waals surface area contributed by atoms with Gasteiger partial charge in [-0.05, 0) is 46.5 Å². The minimum Gasteiger partial charge on any atom is -0.466 e. The molecule has 1 aliphatic heterocycles. The van der Waals surface area contributed by atoms with Crippen LogP contribution in [0.5, 0.6) is 0 Å². The molecule has 0 atom stereocenters. The molecular weight excluding hydrogens is 252 g/mol. The van der Waals surface area contributed by atoms with Crippen molar-refractivity contribution in [3.05, 3.63) is 0 Å². The second kappa shape index (κ2) is 7.41. The number of hydrogen-bond donors (Lipinski definition) is 0. The van der Waals surface area contributed by atoms with Crippen molar-refractivity contribution in [3.8, 4) is 0 Å². The number of nitrogens with zero attached hydrogens (tertiary/aromatic N) is 2. The Labute approximate surface area is 123 Å². The molecule has 0 unspecified atom stereocenters. The van der Waals surface area contributed by atoms with Gasteiger partial charge in [0.25, 0.3) is 0 Å². The molecule has 0 spiro atoms. The van der Waals surface area contributed by atoms with Gasteiger partial charge in [-0.25, -0.2) is 0 Å². The number of rotatable bonds is 4. The Morgan fingerprint density at radius 2 is 1.70 bits per heavy atom. The molecule has 1 heterocycles. The van der Waals surface area contributed by atoms with E-state index in [0.717, 1.165) is 25.7 Å². The average Bonchev–Trinajstić information content (AvgIpc) is 2.48. The fourth-order valence-corrected chi connectivity index (χ4v) is 3.56. The summed E-state index contributed by atoms with van der Waals surface area (Å²) in [5.41, 5.74) is 0. The van der Waals surface area contributed by atoms with Crippen LogP contribution in [0.15, 0.2) is 0 Å². The fourth-order valence-electron chi connectivity index (χ4n) is 3.56. The third kappa shape index (κ3) is 3.95. The van der Waals surface area contributed by atoms with E-state index >= 15 is 0 Å². The standard InChI is InChI=1S/C16H30N2O2/c1-4-20-16(19)14-5-7-15(8-6-14)18-11-9-17(10-12-18)13(2)3/h13-15H,4-12H2,1-3H3. The van der Waals surface area contributed by atoms with E-state index in [1.807, 2.05) is 6.92 Å². The Morgan fingerprint density at radius 1 is 1.10 bits per heavy atom. The lowest BCUT2D eigenvalue weighted by atomic mass is 9.85. The smallest absolute Gasteiger partial charge is 0.308 e. The van der Waals surface area contributed by atoms with Gasteiger partial charge in [-0.2, -0.15) is 0 Å². The van der Waals surface area contributed by atoms with Crippen LogP contribution >= 0.6 is 0 Å². The van der Waals surface area contributed by atoms with E-state index < -0.39 is 0 Å². The van der Waals surface area contributed by atoms with Crippen LogP contribution in [0.25, 0.3) is 0 Å². The summed E-state index contributed by atoms with van der Waals surface area (Å²) in [4.78, 5) is 17.0. The predicted molar refractivity (Wildman–Crippen MR) is 80.7 cm³/mol. The quantitative estimate of drug-likeness (QED) is 0.740. The lowest BCUT2D eigenvalue weighted by Crippen LogP contribution is -2.52. The van der Waals surface area contributed by atoms with Crippen molar-refractivity contribution in [1.29, 1.82) is 0 Å². The van der Waals surface area contributed by atoms with Crippen LogP contribution in [-0.2, 0) is 9.53 Å². The molecule has 0 bridgehead atoms. The maximum absolute atomic E-state index is 11.8. The van der Waals surface area contributed by atoms with Gasteiger partial charge in [-0.3, -0.25) is 14.6 Å². The minimum atomic E-state index is 0.0237. The third-order valence-electron chi connectivity index (χ3n) is 4.91. The van der Waals surface area contributed by atoms with Crippen LogP contribution in [0.2, 0.25) is 0 Å². The largest absolute Gasteiger partial charge is 0.466 e. The Kier molecular flexibility index (Phi) is 5.85. The summed E-state index contributed by atoms with van der Waals surface area (Å²) in [6.07, 6.45) is 4.33. The SMILES string of the molecule is CCOC(=O)C1CCC(N2CCN(C(C)C)CC2)CC1. The highest BCUT2D eigenvalue weighted by Crippen LogP contribution is 2.29. The first-order valence-electron chi connectivity index (χ1n) is 8.26. The molecule has 0 N–H and O–H groups in total. The zero-order valence-electron chi connectivity index (χ0n) is 13.3. The van der Waals surface area contributed by atoms with Gasteiger partial charge in [-0.1, -0.05) is 0 Å². The van der Waals surface area contributed by atoms with Gasteiger partial charge in [0, 0.05) is 38.3 Å². The highest BCUT2D eigenvalue weighted by atomic mass is 16.5. The molecule has 0 radical (unpaired) electrons. The summed E-state index contributed by atoms with van der Waals surface area (Å²) in [5, 5.41) is 0. The molecule has 20 heavy (non-hydrogen) atoms. The van der Waals surface area contributed by atoms with Gasteiger partial charge in [0.05, 0.1) is 12.5 Å². The van der Waals surface area contributed by atoms with Crippen LogP contribution < -0.4 is 0 Å². The normalized spacial score (nSPS) is 29.6. The summed E-state index contributed by atoms with van der Waals surface area (Å²) < 4.78 is 5.14. The average molecular weight is 282 g/mol. The zero-order valence-corrected chi connectivity index (χ0v) is 13.3. The minimum absolute atomic E-state index is 0.0237. The van der Waals surface area contributed by atoms with Crippen LogP contribution in [0.4, 0.5) is 0 Å². The summed E-state index contributed by atoms with van der Waals surface area (Å²) in [5.74, 6) is 0.179. The van der Waals surface area contributed by atoms with Gasteiger partial charge < -0.3 is 4.74 Å². The molecule has 0 amide bonds. The monoisotopic (exact) mass is 282 g/mol. The van der Waals surface area contributed by atoms with E-state index in [9.17, 15) is 4.79 Å². The van der Waals surface area contributed by atoms with Gasteiger partial charge in [0.15, 0.2) is 0 Å². The maximum Gasteiger partial charge on any atom is 0.308 e. The Morgan fingerprint density at radius 3 is 2.20 bits per heavy atom. The van der Waals surface area contributed by atoms with Crippen LogP contribution in [0, 0.1) is 5.92 Å². The lowest BCUT2D eigenvalue weighted by Gasteiger charge is -2.42. The number of ether oxygens (including phenoxy) is 1. The van der Waals surface area contributed by atoms with Gasteiger partial charge in [0.1, 0.15) is 0 Å². The fraction of sp³-hybridized carbons (Fsp3) is 0.938. The van der Waals surface area contributed by atoms with E-state index in [-0.39, 0.29) is 11.9 Å². The second-order valence-corrected chi connectivity index (χ2v) is 6.42. The first-order chi connectivity index (χ1) is 9.61. The Hall–Kier alpha value is -0.610. The van der Waals surface area contributed by atoms with Crippen molar-refractivity contribution in [2.75, 3.05) is 32.8 Å². The van der Waals surface area contributed by atoms with E-state index in [2.05, 4.69) is 23.6 Å². The van der Waals surface area contributed by atoms with Crippen molar-refractivity contribution in [2.24, 2.45) is 5.92 Å². The molecule has 4 heteroatoms. The van der Waals surface area contributed by atoms with Crippen molar-refractivity contribution >= 4 is 5.97 Å². The molecule has 1 saturated heterocycles. The number of esters is 1. The molecular formula is C16H30N2O2. The summed E-state index contributed by atoms with van der Waals surface area (Å²) in [6.45, 7) is 11.7. The highest BCUT2D eigenvalue weighted by Gasteiger charge is 2.31. The van der Waals surface area contributed by atoms with E-state index in [1.165, 1.54) is 26.2 Å². The molecule has 1 aliphatic carbocycles. The maximum atomic E-state index is 11.8. The zero-order chi connectivity index (χ0) is 14.5. The van der Waals surface area contributed by atoms with Gasteiger partial charge >= 0.3 is 5.97 Å². The summed E-state index contributed by atoms with van der Waals surface area (Å²) in [6, 6.07) is 1.35. The molecule has 0 aromatic carbocycles. The van der Waals surface area contributed by atoms with E-state index in [1.54, 1.807) is 0 Å². The van der Waals surface area contributed by atoms with Gasteiger partial charge in [0.2, 0.25) is 0 Å². The van der Waals surface area contributed by atoms with Crippen molar-refractivity contribution in [2.45, 2.75) is 58.5 Å². The molecule has 116 valence electrons. The highest BCUT2D eigenvalue weighted by molar-refractivity contribution is 5.72. The van der Waals surface area contributed by atoms with Crippen molar-refractivity contribution < 1.29 is 9.53 Å². The summed E-state index contributed by atoms with van der Waals surface area (Å²) in [7, 11) is 0. The van der Waals surface area contributed by atoms with Crippen molar-refractivity contribution in [3.63, 3.8) is 0 Å². The lowest BCUT2D eigenvalue weighted by molar-refractivity contribution is -0.149. The number of hydrogen-bond acceptors (Lipinski definition) is 4. The molecule has 0 aromatic rings. The molecule has 0 aromatic heterocycles. The topological polar surface area (TPSA) is 32.8 Å². The van der Waals surface area contributed by atoms with E-state index in [4.69, 9.17) is 4.74 Å². The first-order valence-corrected chi connectivity index (χ1v) is 8.26. The molecule has 1 saturated carbocycles. The molecule has 2 aliphatic rings. The molecule has 2 fully saturated rings. The molecule has 4 nitrogen and oxygen atoms in total.